The molecule has 10 heteroatoms. The number of nitrogen functional groups attached to an aromatic ring is 1. The third kappa shape index (κ3) is 4.44. The number of ether oxygens (including phenoxy) is 1. The van der Waals surface area contributed by atoms with Crippen LogP contribution in [-0.4, -0.2) is 64.1 Å². The van der Waals surface area contributed by atoms with E-state index >= 15 is 0 Å². The van der Waals surface area contributed by atoms with Crippen LogP contribution in [0.1, 0.15) is 41.6 Å². The van der Waals surface area contributed by atoms with Crippen LogP contribution in [0.4, 0.5) is 15.9 Å². The Bertz CT molecular complexity index is 1070. The number of fused-ring (bicyclic) bond motifs is 1. The lowest BCUT2D eigenvalue weighted by molar-refractivity contribution is -0.157. The molecule has 3 N–H and O–H groups in total. The molecule has 0 spiro atoms. The topological polar surface area (TPSA) is 96.6 Å². The average Bonchev–Trinajstić information content (AvgIpc) is 2.81. The summed E-state index contributed by atoms with van der Waals surface area (Å²) >= 11 is 6.21. The SMILES string of the molecule is Nc1cc(CF)cc(CNc2nc(Cl)nc3c2CN(C(=O)C2(N4CCOCC4)CCC2)CC3)c1. The predicted octanol–water partition coefficient (Wildman–Crippen LogP) is 2.93. The summed E-state index contributed by atoms with van der Waals surface area (Å²) in [5, 5.41) is 3.49. The van der Waals surface area contributed by atoms with Crippen LogP contribution in [0, 0.1) is 0 Å². The highest BCUT2D eigenvalue weighted by atomic mass is 35.5. The van der Waals surface area contributed by atoms with Gasteiger partial charge in [-0.05, 0) is 54.1 Å². The number of halogens is 2. The van der Waals surface area contributed by atoms with E-state index in [1.165, 1.54) is 0 Å². The molecule has 1 saturated carbocycles. The molecule has 0 unspecified atom stereocenters. The molecule has 3 aliphatic rings. The molecule has 1 amide bonds. The molecular formula is C24H30ClFN6O2. The first-order valence-corrected chi connectivity index (χ1v) is 12.2. The van der Waals surface area contributed by atoms with Crippen LogP contribution < -0.4 is 11.1 Å². The molecule has 8 nitrogen and oxygen atoms in total. The van der Waals surface area contributed by atoms with Gasteiger partial charge in [-0.15, -0.1) is 0 Å². The molecule has 5 rings (SSSR count). The van der Waals surface area contributed by atoms with E-state index in [4.69, 9.17) is 22.1 Å². The van der Waals surface area contributed by atoms with E-state index in [1.54, 1.807) is 18.2 Å². The molecular weight excluding hydrogens is 459 g/mol. The van der Waals surface area contributed by atoms with Crippen LogP contribution in [-0.2, 0) is 35.7 Å². The van der Waals surface area contributed by atoms with Crippen molar-refractivity contribution in [2.75, 3.05) is 43.9 Å². The second-order valence-corrected chi connectivity index (χ2v) is 9.64. The van der Waals surface area contributed by atoms with Gasteiger partial charge in [-0.1, -0.05) is 6.07 Å². The zero-order valence-corrected chi connectivity index (χ0v) is 19.9. The van der Waals surface area contributed by atoms with Crippen LogP contribution in [0.3, 0.4) is 0 Å². The first kappa shape index (κ1) is 23.3. The van der Waals surface area contributed by atoms with Gasteiger partial charge in [0.1, 0.15) is 18.0 Å². The monoisotopic (exact) mass is 488 g/mol. The Kier molecular flexibility index (Phi) is 6.59. The van der Waals surface area contributed by atoms with Gasteiger partial charge in [0.2, 0.25) is 11.2 Å². The van der Waals surface area contributed by atoms with E-state index < -0.39 is 12.2 Å². The lowest BCUT2D eigenvalue weighted by Crippen LogP contribution is -2.66. The minimum Gasteiger partial charge on any atom is -0.399 e. The fraction of sp³-hybridized carbons (Fsp3) is 0.542. The highest BCUT2D eigenvalue weighted by Crippen LogP contribution is 2.41. The Morgan fingerprint density at radius 1 is 1.18 bits per heavy atom. The number of rotatable bonds is 6. The molecule has 34 heavy (non-hydrogen) atoms. The largest absolute Gasteiger partial charge is 0.399 e. The number of carbonyl (C=O) groups excluding carboxylic acids is 1. The van der Waals surface area contributed by atoms with E-state index in [2.05, 4.69) is 20.2 Å². The van der Waals surface area contributed by atoms with Crippen LogP contribution in [0.15, 0.2) is 18.2 Å². The third-order valence-electron chi connectivity index (χ3n) is 7.20. The minimum absolute atomic E-state index is 0.168. The Balaban J connectivity index is 1.35. The van der Waals surface area contributed by atoms with Crippen LogP contribution in [0.25, 0.3) is 0 Å². The fourth-order valence-corrected chi connectivity index (χ4v) is 5.51. The second kappa shape index (κ2) is 9.64. The summed E-state index contributed by atoms with van der Waals surface area (Å²) < 4.78 is 18.7. The zero-order valence-electron chi connectivity index (χ0n) is 19.2. The number of anilines is 2. The van der Waals surface area contributed by atoms with Gasteiger partial charge in [0.25, 0.3) is 0 Å². The van der Waals surface area contributed by atoms with Crippen molar-refractivity contribution in [2.24, 2.45) is 0 Å². The summed E-state index contributed by atoms with van der Waals surface area (Å²) in [6.07, 6.45) is 3.48. The van der Waals surface area contributed by atoms with E-state index in [0.29, 0.717) is 56.3 Å². The average molecular weight is 489 g/mol. The normalized spacial score (nSPS) is 19.9. The molecule has 2 aromatic rings. The van der Waals surface area contributed by atoms with Crippen LogP contribution in [0.2, 0.25) is 5.28 Å². The number of carbonyl (C=O) groups is 1. The van der Waals surface area contributed by atoms with Crippen molar-refractivity contribution < 1.29 is 13.9 Å². The lowest BCUT2D eigenvalue weighted by atomic mass is 9.73. The third-order valence-corrected chi connectivity index (χ3v) is 7.37. The molecule has 3 heterocycles. The zero-order chi connectivity index (χ0) is 23.7. The molecule has 1 aliphatic carbocycles. The second-order valence-electron chi connectivity index (χ2n) is 9.30. The van der Waals surface area contributed by atoms with Gasteiger partial charge in [0, 0.05) is 43.9 Å². The van der Waals surface area contributed by atoms with Gasteiger partial charge in [0.05, 0.1) is 25.5 Å². The fourth-order valence-electron chi connectivity index (χ4n) is 5.32. The first-order chi connectivity index (χ1) is 16.5. The van der Waals surface area contributed by atoms with Crippen molar-refractivity contribution in [3.8, 4) is 0 Å². The smallest absolute Gasteiger partial charge is 0.243 e. The van der Waals surface area contributed by atoms with Gasteiger partial charge < -0.3 is 20.7 Å². The molecule has 182 valence electrons. The Morgan fingerprint density at radius 2 is 1.94 bits per heavy atom. The lowest BCUT2D eigenvalue weighted by Gasteiger charge is -2.52. The summed E-state index contributed by atoms with van der Waals surface area (Å²) in [7, 11) is 0. The number of hydrogen-bond acceptors (Lipinski definition) is 7. The molecule has 1 aromatic carbocycles. The summed E-state index contributed by atoms with van der Waals surface area (Å²) in [4.78, 5) is 26.9. The molecule has 0 atom stereocenters. The van der Waals surface area contributed by atoms with Gasteiger partial charge in [-0.2, -0.15) is 0 Å². The van der Waals surface area contributed by atoms with E-state index in [0.717, 1.165) is 49.2 Å². The number of morpholine rings is 1. The summed E-state index contributed by atoms with van der Waals surface area (Å²) in [5.41, 5.74) is 9.14. The van der Waals surface area contributed by atoms with E-state index in [-0.39, 0.29) is 11.2 Å². The summed E-state index contributed by atoms with van der Waals surface area (Å²) in [5.74, 6) is 0.793. The van der Waals surface area contributed by atoms with Crippen molar-refractivity contribution in [2.45, 2.75) is 51.0 Å². The Hall–Kier alpha value is -2.49. The van der Waals surface area contributed by atoms with Crippen molar-refractivity contribution >= 4 is 29.0 Å². The van der Waals surface area contributed by atoms with Crippen molar-refractivity contribution in [1.82, 2.24) is 19.8 Å². The minimum atomic E-state index is -0.575. The Labute approximate surface area is 203 Å². The molecule has 2 fully saturated rings. The maximum absolute atomic E-state index is 13.8. The number of nitrogens with zero attached hydrogens (tertiary/aromatic N) is 4. The van der Waals surface area contributed by atoms with Crippen LogP contribution >= 0.6 is 11.6 Å². The van der Waals surface area contributed by atoms with E-state index in [1.807, 2.05) is 4.90 Å². The maximum atomic E-state index is 13.8. The highest BCUT2D eigenvalue weighted by molar-refractivity contribution is 6.28. The number of nitrogens with two attached hydrogens (primary N) is 1. The summed E-state index contributed by atoms with van der Waals surface area (Å²) in [6.45, 7) is 3.81. The number of aromatic nitrogens is 2. The maximum Gasteiger partial charge on any atom is 0.243 e. The Morgan fingerprint density at radius 3 is 2.65 bits per heavy atom. The van der Waals surface area contributed by atoms with E-state index in [9.17, 15) is 9.18 Å². The molecule has 0 bridgehead atoms. The van der Waals surface area contributed by atoms with Crippen molar-refractivity contribution in [3.05, 3.63) is 45.9 Å². The number of alkyl halides is 1. The number of hydrogen-bond donors (Lipinski definition) is 2. The number of nitrogens with one attached hydrogen (secondary N) is 1. The first-order valence-electron chi connectivity index (χ1n) is 11.8. The molecule has 1 saturated heterocycles. The number of amides is 1. The van der Waals surface area contributed by atoms with Crippen molar-refractivity contribution in [3.63, 3.8) is 0 Å². The highest BCUT2D eigenvalue weighted by Gasteiger charge is 2.51. The standard InChI is InChI=1S/C24H30ClFN6O2/c25-23-29-20-2-5-31(22(33)24(3-1-4-24)32-6-8-34-9-7-32)15-19(20)21(30-23)28-14-17-10-16(13-26)11-18(27)12-17/h10-12H,1-9,13-15,27H2,(H,28,29,30). The number of benzene rings is 1. The quantitative estimate of drug-likeness (QED) is 0.476. The van der Waals surface area contributed by atoms with Crippen LogP contribution in [0.5, 0.6) is 0 Å². The van der Waals surface area contributed by atoms with Gasteiger partial charge >= 0.3 is 0 Å². The van der Waals surface area contributed by atoms with Crippen molar-refractivity contribution in [1.29, 1.82) is 0 Å². The molecule has 1 aromatic heterocycles. The molecule has 0 radical (unpaired) electrons. The molecule has 2 aliphatic heterocycles. The summed E-state index contributed by atoms with van der Waals surface area (Å²) in [6, 6.07) is 5.21. The van der Waals surface area contributed by atoms with Gasteiger partial charge in [-0.25, -0.2) is 14.4 Å². The predicted molar refractivity (Wildman–Crippen MR) is 128 cm³/mol. The van der Waals surface area contributed by atoms with Gasteiger partial charge in [-0.3, -0.25) is 9.69 Å². The van der Waals surface area contributed by atoms with Gasteiger partial charge in [0.15, 0.2) is 0 Å².